The zero-order chi connectivity index (χ0) is 16.0. The molecule has 0 aromatic rings. The average molecular weight is 297 g/mol. The van der Waals surface area contributed by atoms with Crippen molar-refractivity contribution in [1.82, 2.24) is 15.5 Å². The Morgan fingerprint density at radius 2 is 1.48 bits per heavy atom. The van der Waals surface area contributed by atoms with Crippen LogP contribution in [0, 0.1) is 0 Å². The second-order valence-electron chi connectivity index (χ2n) is 7.09. The fraction of sp³-hybridized carbons (Fsp3) is 0.875. The molecule has 0 bridgehead atoms. The van der Waals surface area contributed by atoms with E-state index >= 15 is 0 Å². The van der Waals surface area contributed by atoms with E-state index in [0.717, 1.165) is 25.9 Å². The highest BCUT2D eigenvalue weighted by Crippen LogP contribution is 2.11. The first kappa shape index (κ1) is 18.0. The van der Waals surface area contributed by atoms with E-state index in [1.165, 1.54) is 12.8 Å². The molecule has 0 radical (unpaired) electrons. The van der Waals surface area contributed by atoms with Gasteiger partial charge in [0, 0.05) is 18.6 Å². The van der Waals surface area contributed by atoms with Crippen molar-refractivity contribution >= 4 is 11.8 Å². The van der Waals surface area contributed by atoms with Crippen LogP contribution in [0.15, 0.2) is 0 Å². The third kappa shape index (κ3) is 6.46. The summed E-state index contributed by atoms with van der Waals surface area (Å²) >= 11 is 0. The molecule has 1 saturated heterocycles. The highest BCUT2D eigenvalue weighted by Gasteiger charge is 2.25. The van der Waals surface area contributed by atoms with Gasteiger partial charge in [0.15, 0.2) is 0 Å². The van der Waals surface area contributed by atoms with Crippen LogP contribution >= 0.6 is 0 Å². The van der Waals surface area contributed by atoms with Gasteiger partial charge < -0.3 is 10.2 Å². The van der Waals surface area contributed by atoms with Crippen LogP contribution in [0.3, 0.4) is 0 Å². The Morgan fingerprint density at radius 3 is 1.95 bits per heavy atom. The Kier molecular flexibility index (Phi) is 6.65. The van der Waals surface area contributed by atoms with Gasteiger partial charge in [0.1, 0.15) is 0 Å². The second kappa shape index (κ2) is 7.78. The Morgan fingerprint density at radius 1 is 0.952 bits per heavy atom. The van der Waals surface area contributed by atoms with E-state index in [4.69, 9.17) is 0 Å². The lowest BCUT2D eigenvalue weighted by atomic mass is 10.1. The van der Waals surface area contributed by atoms with Crippen LogP contribution in [0.5, 0.6) is 0 Å². The highest BCUT2D eigenvalue weighted by molar-refractivity contribution is 5.85. The molecule has 1 fully saturated rings. The molecule has 122 valence electrons. The molecule has 0 aromatic carbocycles. The standard InChI is InChI=1S/C16H31N3O2/c1-12(14(20)18-16(3,4)5)17-13(2)15(21)19-10-8-6-7-9-11-19/h12-13,17H,6-11H2,1-5H3,(H,18,20). The summed E-state index contributed by atoms with van der Waals surface area (Å²) in [5.41, 5.74) is -0.259. The molecular weight excluding hydrogens is 266 g/mol. The number of amides is 2. The van der Waals surface area contributed by atoms with Gasteiger partial charge in [0.05, 0.1) is 12.1 Å². The number of nitrogens with one attached hydrogen (secondary N) is 2. The molecule has 2 N–H and O–H groups in total. The van der Waals surface area contributed by atoms with Crippen molar-refractivity contribution in [2.45, 2.75) is 77.9 Å². The molecule has 5 nitrogen and oxygen atoms in total. The maximum atomic E-state index is 12.4. The average Bonchev–Trinajstić information content (AvgIpc) is 2.64. The highest BCUT2D eigenvalue weighted by atomic mass is 16.2. The number of likely N-dealkylation sites (tertiary alicyclic amines) is 1. The van der Waals surface area contributed by atoms with E-state index in [1.54, 1.807) is 6.92 Å². The van der Waals surface area contributed by atoms with E-state index in [2.05, 4.69) is 10.6 Å². The van der Waals surface area contributed by atoms with Crippen LogP contribution in [0.4, 0.5) is 0 Å². The number of rotatable bonds is 4. The lowest BCUT2D eigenvalue weighted by Gasteiger charge is -2.28. The molecule has 2 unspecified atom stereocenters. The van der Waals surface area contributed by atoms with Crippen LogP contribution in [0.1, 0.15) is 60.3 Å². The molecule has 0 saturated carbocycles. The van der Waals surface area contributed by atoms with Crippen LogP contribution < -0.4 is 10.6 Å². The predicted molar refractivity (Wildman–Crippen MR) is 85.0 cm³/mol. The summed E-state index contributed by atoms with van der Waals surface area (Å²) in [6.07, 6.45) is 4.57. The van der Waals surface area contributed by atoms with Crippen molar-refractivity contribution in [3.63, 3.8) is 0 Å². The summed E-state index contributed by atoms with van der Waals surface area (Å²) in [6, 6.07) is -0.709. The number of nitrogens with zero attached hydrogens (tertiary/aromatic N) is 1. The Bertz CT molecular complexity index is 355. The summed E-state index contributed by atoms with van der Waals surface area (Å²) in [7, 11) is 0. The van der Waals surface area contributed by atoms with Gasteiger partial charge in [-0.05, 0) is 47.5 Å². The first-order valence-corrected chi connectivity index (χ1v) is 8.07. The van der Waals surface area contributed by atoms with Crippen molar-refractivity contribution in [3.8, 4) is 0 Å². The molecule has 2 atom stereocenters. The fourth-order valence-corrected chi connectivity index (χ4v) is 2.56. The quantitative estimate of drug-likeness (QED) is 0.830. The summed E-state index contributed by atoms with van der Waals surface area (Å²) in [6.45, 7) is 11.2. The Labute approximate surface area is 128 Å². The maximum absolute atomic E-state index is 12.4. The van der Waals surface area contributed by atoms with E-state index in [9.17, 15) is 9.59 Å². The van der Waals surface area contributed by atoms with Crippen LogP contribution in [0.2, 0.25) is 0 Å². The molecule has 1 heterocycles. The molecule has 1 aliphatic rings. The van der Waals surface area contributed by atoms with Crippen LogP contribution in [-0.4, -0.2) is 47.4 Å². The lowest BCUT2D eigenvalue weighted by Crippen LogP contribution is -2.54. The van der Waals surface area contributed by atoms with Crippen molar-refractivity contribution < 1.29 is 9.59 Å². The van der Waals surface area contributed by atoms with E-state index < -0.39 is 0 Å². The Hall–Kier alpha value is -1.10. The summed E-state index contributed by atoms with van der Waals surface area (Å²) in [5, 5.41) is 6.04. The van der Waals surface area contributed by atoms with Crippen molar-refractivity contribution in [1.29, 1.82) is 0 Å². The molecule has 0 aromatic heterocycles. The summed E-state index contributed by atoms with van der Waals surface area (Å²) in [4.78, 5) is 26.4. The minimum atomic E-state index is -0.379. The molecule has 1 rings (SSSR count). The first-order chi connectivity index (χ1) is 9.70. The fourth-order valence-electron chi connectivity index (χ4n) is 2.56. The molecule has 2 amide bonds. The van der Waals surface area contributed by atoms with Gasteiger partial charge in [0.25, 0.3) is 0 Å². The molecule has 21 heavy (non-hydrogen) atoms. The zero-order valence-corrected chi connectivity index (χ0v) is 14.2. The van der Waals surface area contributed by atoms with Gasteiger partial charge in [-0.15, -0.1) is 0 Å². The SMILES string of the molecule is CC(NC(C)C(=O)N1CCCCCC1)C(=O)NC(C)(C)C. The van der Waals surface area contributed by atoms with Crippen LogP contribution in [-0.2, 0) is 9.59 Å². The largest absolute Gasteiger partial charge is 0.350 e. The summed E-state index contributed by atoms with van der Waals surface area (Å²) in [5.74, 6) is 0.0327. The second-order valence-corrected chi connectivity index (χ2v) is 7.09. The monoisotopic (exact) mass is 297 g/mol. The topological polar surface area (TPSA) is 61.4 Å². The van der Waals surface area contributed by atoms with Gasteiger partial charge in [-0.25, -0.2) is 0 Å². The van der Waals surface area contributed by atoms with E-state index in [1.807, 2.05) is 32.6 Å². The smallest absolute Gasteiger partial charge is 0.239 e. The van der Waals surface area contributed by atoms with Gasteiger partial charge in [0.2, 0.25) is 11.8 Å². The maximum Gasteiger partial charge on any atom is 0.239 e. The Balaban J connectivity index is 2.48. The number of hydrogen-bond donors (Lipinski definition) is 2. The molecule has 0 aliphatic carbocycles. The molecule has 0 spiro atoms. The first-order valence-electron chi connectivity index (χ1n) is 8.07. The van der Waals surface area contributed by atoms with Crippen molar-refractivity contribution in [2.75, 3.05) is 13.1 Å². The minimum Gasteiger partial charge on any atom is -0.350 e. The van der Waals surface area contributed by atoms with Gasteiger partial charge >= 0.3 is 0 Å². The van der Waals surface area contributed by atoms with Crippen LogP contribution in [0.25, 0.3) is 0 Å². The lowest BCUT2D eigenvalue weighted by molar-refractivity contribution is -0.133. The van der Waals surface area contributed by atoms with Gasteiger partial charge in [-0.3, -0.25) is 14.9 Å². The number of carbonyl (C=O) groups is 2. The molecule has 5 heteroatoms. The van der Waals surface area contributed by atoms with Gasteiger partial charge in [-0.2, -0.15) is 0 Å². The third-order valence-corrected chi connectivity index (χ3v) is 3.68. The minimum absolute atomic E-state index is 0.0713. The normalized spacial score (nSPS) is 19.6. The van der Waals surface area contributed by atoms with E-state index in [0.29, 0.717) is 0 Å². The molecule has 1 aliphatic heterocycles. The predicted octanol–water partition coefficient (Wildman–Crippen LogP) is 1.67. The molecular formula is C16H31N3O2. The van der Waals surface area contributed by atoms with E-state index in [-0.39, 0.29) is 29.4 Å². The number of hydrogen-bond acceptors (Lipinski definition) is 3. The zero-order valence-electron chi connectivity index (χ0n) is 14.2. The number of carbonyl (C=O) groups excluding carboxylic acids is 2. The van der Waals surface area contributed by atoms with Crippen molar-refractivity contribution in [3.05, 3.63) is 0 Å². The third-order valence-electron chi connectivity index (χ3n) is 3.68. The summed E-state index contributed by atoms with van der Waals surface area (Å²) < 4.78 is 0. The van der Waals surface area contributed by atoms with Gasteiger partial charge in [-0.1, -0.05) is 12.8 Å². The van der Waals surface area contributed by atoms with Crippen molar-refractivity contribution in [2.24, 2.45) is 0 Å².